The minimum absolute atomic E-state index is 0.113. The number of nitrogens with one attached hydrogen (secondary N) is 1. The molecule has 0 aromatic carbocycles. The van der Waals surface area contributed by atoms with Crippen molar-refractivity contribution in [3.8, 4) is 0 Å². The van der Waals surface area contributed by atoms with Gasteiger partial charge in [-0.1, -0.05) is 13.0 Å². The van der Waals surface area contributed by atoms with Crippen molar-refractivity contribution in [3.05, 3.63) is 27.3 Å². The summed E-state index contributed by atoms with van der Waals surface area (Å²) in [5.74, 6) is 0.113. The molecule has 0 aliphatic heterocycles. The van der Waals surface area contributed by atoms with Crippen LogP contribution < -0.4 is 11.1 Å². The molecule has 0 aliphatic rings. The van der Waals surface area contributed by atoms with Crippen molar-refractivity contribution < 1.29 is 4.79 Å². The van der Waals surface area contributed by atoms with Crippen molar-refractivity contribution in [2.45, 2.75) is 24.8 Å². The van der Waals surface area contributed by atoms with Crippen LogP contribution in [0.1, 0.15) is 27.9 Å². The van der Waals surface area contributed by atoms with Gasteiger partial charge in [-0.25, -0.2) is 0 Å². The lowest BCUT2D eigenvalue weighted by atomic mass is 10.2. The van der Waals surface area contributed by atoms with Crippen molar-refractivity contribution in [2.75, 3.05) is 17.3 Å². The lowest BCUT2D eigenvalue weighted by Gasteiger charge is -2.04. The Morgan fingerprint density at radius 2 is 2.32 bits per heavy atom. The number of anilines is 2. The second-order valence-corrected chi connectivity index (χ2v) is 6.79. The normalized spacial score (nSPS) is 10.6. The lowest BCUT2D eigenvalue weighted by molar-refractivity contribution is 0.0992. The van der Waals surface area contributed by atoms with Crippen LogP contribution in [0.2, 0.25) is 0 Å². The number of carbonyl (C=O) groups excluding carboxylic acids is 1. The van der Waals surface area contributed by atoms with Gasteiger partial charge in [-0.15, -0.1) is 34.4 Å². The molecule has 102 valence electrons. The van der Waals surface area contributed by atoms with E-state index in [9.17, 15) is 4.79 Å². The number of thiophene rings is 2. The summed E-state index contributed by atoms with van der Waals surface area (Å²) in [6.07, 6.45) is 2.47. The topological polar surface area (TPSA) is 55.1 Å². The minimum atomic E-state index is 0.113. The van der Waals surface area contributed by atoms with Gasteiger partial charge in [0.1, 0.15) is 5.00 Å². The van der Waals surface area contributed by atoms with Gasteiger partial charge in [-0.2, -0.15) is 0 Å². The van der Waals surface area contributed by atoms with Crippen LogP contribution in [0.4, 0.5) is 10.7 Å². The highest BCUT2D eigenvalue weighted by molar-refractivity contribution is 7.99. The molecule has 0 bridgehead atoms. The van der Waals surface area contributed by atoms with Gasteiger partial charge >= 0.3 is 0 Å². The molecule has 2 rings (SSSR count). The first-order chi connectivity index (χ1) is 9.17. The van der Waals surface area contributed by atoms with E-state index in [0.717, 1.165) is 16.4 Å². The van der Waals surface area contributed by atoms with Gasteiger partial charge in [-0.05, 0) is 17.7 Å². The zero-order valence-corrected chi connectivity index (χ0v) is 13.3. The molecular weight excluding hydrogens is 296 g/mol. The summed E-state index contributed by atoms with van der Waals surface area (Å²) in [5, 5.41) is 6.44. The maximum Gasteiger partial charge on any atom is 0.174 e. The fraction of sp³-hybridized carbons (Fsp3) is 0.308. The molecule has 0 radical (unpaired) electrons. The Morgan fingerprint density at radius 1 is 1.53 bits per heavy atom. The molecule has 2 aromatic heterocycles. The molecule has 0 saturated carbocycles. The van der Waals surface area contributed by atoms with Crippen LogP contribution in [-0.4, -0.2) is 12.0 Å². The zero-order chi connectivity index (χ0) is 13.8. The number of thioether (sulfide) groups is 1. The summed E-state index contributed by atoms with van der Waals surface area (Å²) in [6.45, 7) is 2.63. The van der Waals surface area contributed by atoms with E-state index in [1.54, 1.807) is 23.1 Å². The van der Waals surface area contributed by atoms with E-state index in [-0.39, 0.29) is 5.78 Å². The van der Waals surface area contributed by atoms with Crippen molar-refractivity contribution >= 4 is 50.9 Å². The molecule has 0 unspecified atom stereocenters. The zero-order valence-electron chi connectivity index (χ0n) is 10.9. The van der Waals surface area contributed by atoms with Crippen LogP contribution in [0.25, 0.3) is 0 Å². The van der Waals surface area contributed by atoms with E-state index in [0.29, 0.717) is 17.0 Å². The Morgan fingerprint density at radius 3 is 2.89 bits per heavy atom. The quantitative estimate of drug-likeness (QED) is 0.616. The maximum atomic E-state index is 11.8. The summed E-state index contributed by atoms with van der Waals surface area (Å²) < 4.78 is 0. The van der Waals surface area contributed by atoms with Crippen molar-refractivity contribution in [2.24, 2.45) is 0 Å². The summed E-state index contributed by atoms with van der Waals surface area (Å²) in [7, 11) is 0. The molecule has 0 atom stereocenters. The second-order valence-electron chi connectivity index (χ2n) is 3.92. The third kappa shape index (κ3) is 3.13. The molecule has 2 heterocycles. The van der Waals surface area contributed by atoms with Gasteiger partial charge < -0.3 is 11.1 Å². The second kappa shape index (κ2) is 6.45. The fourth-order valence-electron chi connectivity index (χ4n) is 1.70. The number of ketones is 1. The van der Waals surface area contributed by atoms with Crippen molar-refractivity contribution in [1.82, 2.24) is 0 Å². The van der Waals surface area contributed by atoms with Gasteiger partial charge in [0.25, 0.3) is 0 Å². The Balaban J connectivity index is 2.22. The first kappa shape index (κ1) is 14.4. The molecule has 0 fully saturated rings. The van der Waals surface area contributed by atoms with Crippen LogP contribution in [0.3, 0.4) is 0 Å². The lowest BCUT2D eigenvalue weighted by Crippen LogP contribution is -1.98. The largest absolute Gasteiger partial charge is 0.396 e. The SMILES string of the molecule is CCC(=O)c1sc(NCc2cccs2)c(SC)c1N. The van der Waals surface area contributed by atoms with Gasteiger partial charge in [0, 0.05) is 11.3 Å². The number of nitrogens with two attached hydrogens (primary N) is 1. The molecule has 3 nitrogen and oxygen atoms in total. The van der Waals surface area contributed by atoms with Crippen molar-refractivity contribution in [3.63, 3.8) is 0 Å². The number of rotatable bonds is 6. The van der Waals surface area contributed by atoms with E-state index in [1.165, 1.54) is 16.2 Å². The Bertz CT molecular complexity index is 561. The van der Waals surface area contributed by atoms with E-state index >= 15 is 0 Å². The smallest absolute Gasteiger partial charge is 0.174 e. The molecule has 0 amide bonds. The Kier molecular flexibility index (Phi) is 4.90. The Hall–Kier alpha value is -0.980. The molecule has 19 heavy (non-hydrogen) atoms. The van der Waals surface area contributed by atoms with Gasteiger partial charge in [-0.3, -0.25) is 4.79 Å². The number of hydrogen-bond acceptors (Lipinski definition) is 6. The van der Waals surface area contributed by atoms with Gasteiger partial charge in [0.15, 0.2) is 5.78 Å². The van der Waals surface area contributed by atoms with Gasteiger partial charge in [0.05, 0.1) is 22.0 Å². The molecule has 0 aliphatic carbocycles. The first-order valence-electron chi connectivity index (χ1n) is 5.93. The predicted molar refractivity (Wildman–Crippen MR) is 86.8 cm³/mol. The maximum absolute atomic E-state index is 11.8. The summed E-state index contributed by atoms with van der Waals surface area (Å²) in [4.78, 5) is 14.8. The number of carbonyl (C=O) groups is 1. The van der Waals surface area contributed by atoms with E-state index in [1.807, 2.05) is 19.2 Å². The number of hydrogen-bond donors (Lipinski definition) is 2. The number of nitrogen functional groups attached to an aromatic ring is 1. The third-order valence-electron chi connectivity index (χ3n) is 2.68. The molecule has 2 aromatic rings. The third-order valence-corrected chi connectivity index (χ3v) is 5.72. The summed E-state index contributed by atoms with van der Waals surface area (Å²) in [5.41, 5.74) is 6.69. The monoisotopic (exact) mass is 312 g/mol. The van der Waals surface area contributed by atoms with E-state index in [2.05, 4.69) is 16.8 Å². The van der Waals surface area contributed by atoms with E-state index in [4.69, 9.17) is 5.73 Å². The van der Waals surface area contributed by atoms with Crippen LogP contribution >= 0.6 is 34.4 Å². The highest BCUT2D eigenvalue weighted by atomic mass is 32.2. The molecule has 3 N–H and O–H groups in total. The van der Waals surface area contributed by atoms with Crippen LogP contribution in [0, 0.1) is 0 Å². The molecular formula is C13H16N2OS3. The highest BCUT2D eigenvalue weighted by Crippen LogP contribution is 2.42. The number of Topliss-reactive ketones (excluding diaryl/α,β-unsaturated/α-hetero) is 1. The van der Waals surface area contributed by atoms with E-state index < -0.39 is 0 Å². The molecule has 0 spiro atoms. The highest BCUT2D eigenvalue weighted by Gasteiger charge is 2.19. The van der Waals surface area contributed by atoms with Crippen LogP contribution in [0.5, 0.6) is 0 Å². The predicted octanol–water partition coefficient (Wildman–Crippen LogP) is 4.32. The van der Waals surface area contributed by atoms with Crippen LogP contribution in [-0.2, 0) is 6.54 Å². The minimum Gasteiger partial charge on any atom is -0.396 e. The van der Waals surface area contributed by atoms with Crippen LogP contribution in [0.15, 0.2) is 22.4 Å². The van der Waals surface area contributed by atoms with Gasteiger partial charge in [0.2, 0.25) is 0 Å². The molecule has 6 heteroatoms. The van der Waals surface area contributed by atoms with Crippen molar-refractivity contribution in [1.29, 1.82) is 0 Å². The molecule has 0 saturated heterocycles. The standard InChI is InChI=1S/C13H16N2OS3/c1-3-9(16)11-10(14)12(17-2)13(19-11)15-7-8-5-4-6-18-8/h4-6,15H,3,7,14H2,1-2H3. The fourth-order valence-corrected chi connectivity index (χ4v) is 4.38. The average molecular weight is 312 g/mol. The summed E-state index contributed by atoms with van der Waals surface area (Å²) >= 11 is 4.76. The summed E-state index contributed by atoms with van der Waals surface area (Å²) in [6, 6.07) is 4.12. The first-order valence-corrected chi connectivity index (χ1v) is 8.85. The Labute approximate surface area is 125 Å². The average Bonchev–Trinajstić information content (AvgIpc) is 3.03.